The molecule has 0 saturated carbocycles. The average molecular weight is 379 g/mol. The van der Waals surface area contributed by atoms with E-state index in [4.69, 9.17) is 0 Å². The van der Waals surface area contributed by atoms with Crippen LogP contribution in [-0.2, 0) is 9.84 Å². The molecule has 25 heavy (non-hydrogen) atoms. The molecule has 6 nitrogen and oxygen atoms in total. The Balaban J connectivity index is 2.03. The van der Waals surface area contributed by atoms with Crippen LogP contribution >= 0.6 is 0 Å². The minimum atomic E-state index is -4.45. The summed E-state index contributed by atoms with van der Waals surface area (Å²) >= 11 is 0. The smallest absolute Gasteiger partial charge is 0.350 e. The average Bonchev–Trinajstić information content (AvgIpc) is 2.54. The third-order valence-electron chi connectivity index (χ3n) is 3.97. The minimum absolute atomic E-state index is 0.0398. The molecule has 1 saturated heterocycles. The summed E-state index contributed by atoms with van der Waals surface area (Å²) < 4.78 is 62.5. The predicted octanol–water partition coefficient (Wildman–Crippen LogP) is 0.656. The van der Waals surface area contributed by atoms with E-state index < -0.39 is 34.5 Å². The number of nitrogens with one attached hydrogen (secondary N) is 2. The number of amides is 1. The number of benzene rings is 1. The monoisotopic (exact) mass is 379 g/mol. The van der Waals surface area contributed by atoms with Crippen LogP contribution < -0.4 is 10.6 Å². The Morgan fingerprint density at radius 1 is 1.24 bits per heavy atom. The number of rotatable bonds is 5. The van der Waals surface area contributed by atoms with Gasteiger partial charge in [-0.25, -0.2) is 8.42 Å². The van der Waals surface area contributed by atoms with Crippen LogP contribution in [0.5, 0.6) is 0 Å². The number of carbonyl (C=O) groups is 1. The molecule has 1 atom stereocenters. The minimum Gasteiger partial charge on any atom is -0.350 e. The molecule has 2 rings (SSSR count). The Labute approximate surface area is 144 Å². The van der Waals surface area contributed by atoms with Gasteiger partial charge in [-0.1, -0.05) is 0 Å². The molecule has 0 aromatic heterocycles. The van der Waals surface area contributed by atoms with Crippen molar-refractivity contribution in [3.8, 4) is 0 Å². The molecule has 0 spiro atoms. The highest BCUT2D eigenvalue weighted by Crippen LogP contribution is 2.24. The molecule has 10 heteroatoms. The van der Waals surface area contributed by atoms with Gasteiger partial charge in [0.05, 0.1) is 4.90 Å². The van der Waals surface area contributed by atoms with E-state index in [-0.39, 0.29) is 23.5 Å². The van der Waals surface area contributed by atoms with Gasteiger partial charge < -0.3 is 10.6 Å². The number of sulfone groups is 1. The fourth-order valence-electron chi connectivity index (χ4n) is 2.59. The summed E-state index contributed by atoms with van der Waals surface area (Å²) in [5.74, 6) is -0.676. The highest BCUT2D eigenvalue weighted by molar-refractivity contribution is 7.90. The first-order valence-electron chi connectivity index (χ1n) is 7.69. The summed E-state index contributed by atoms with van der Waals surface area (Å²) in [5, 5.41) is 5.27. The molecule has 1 aliphatic rings. The van der Waals surface area contributed by atoms with Crippen molar-refractivity contribution in [2.75, 3.05) is 39.0 Å². The zero-order valence-electron chi connectivity index (χ0n) is 13.6. The second kappa shape index (κ2) is 7.71. The maximum Gasteiger partial charge on any atom is 0.405 e. The molecule has 1 aromatic carbocycles. The second-order valence-corrected chi connectivity index (χ2v) is 7.87. The number of halogens is 3. The highest BCUT2D eigenvalue weighted by atomic mass is 32.2. The van der Waals surface area contributed by atoms with E-state index in [0.717, 1.165) is 6.26 Å². The number of piperazine rings is 1. The van der Waals surface area contributed by atoms with Gasteiger partial charge in [0.25, 0.3) is 5.91 Å². The van der Waals surface area contributed by atoms with E-state index in [1.54, 1.807) is 0 Å². The molecule has 1 unspecified atom stereocenters. The van der Waals surface area contributed by atoms with Crippen LogP contribution in [0.3, 0.4) is 0 Å². The summed E-state index contributed by atoms with van der Waals surface area (Å²) in [7, 11) is -3.40. The summed E-state index contributed by atoms with van der Waals surface area (Å²) in [6.45, 7) is 0.878. The zero-order chi connectivity index (χ0) is 18.7. The molecule has 2 N–H and O–H groups in total. The van der Waals surface area contributed by atoms with Gasteiger partial charge in [-0.3, -0.25) is 9.69 Å². The van der Waals surface area contributed by atoms with Gasteiger partial charge in [-0.15, -0.1) is 0 Å². The Morgan fingerprint density at radius 3 is 2.28 bits per heavy atom. The predicted molar refractivity (Wildman–Crippen MR) is 86.2 cm³/mol. The van der Waals surface area contributed by atoms with E-state index in [0.29, 0.717) is 13.1 Å². The molecule has 0 radical (unpaired) electrons. The fourth-order valence-corrected chi connectivity index (χ4v) is 3.22. The van der Waals surface area contributed by atoms with Crippen molar-refractivity contribution in [2.24, 2.45) is 0 Å². The lowest BCUT2D eigenvalue weighted by molar-refractivity contribution is -0.183. The number of alkyl halides is 3. The van der Waals surface area contributed by atoms with E-state index in [1.165, 1.54) is 29.2 Å². The van der Waals surface area contributed by atoms with E-state index in [1.807, 2.05) is 0 Å². The molecule has 0 bridgehead atoms. The van der Waals surface area contributed by atoms with Crippen LogP contribution in [0.2, 0.25) is 0 Å². The molecule has 1 amide bonds. The normalized spacial score (nSPS) is 17.9. The lowest BCUT2D eigenvalue weighted by atomic mass is 10.1. The molecule has 0 aliphatic carbocycles. The van der Waals surface area contributed by atoms with Gasteiger partial charge in [-0.2, -0.15) is 13.2 Å². The van der Waals surface area contributed by atoms with Crippen LogP contribution in [-0.4, -0.2) is 70.4 Å². The summed E-state index contributed by atoms with van der Waals surface area (Å²) in [4.78, 5) is 13.4. The van der Waals surface area contributed by atoms with E-state index in [9.17, 15) is 26.4 Å². The molecule has 1 aromatic rings. The summed E-state index contributed by atoms with van der Waals surface area (Å²) in [5.41, 5.74) is 0.105. The van der Waals surface area contributed by atoms with Crippen LogP contribution in [0.25, 0.3) is 0 Å². The van der Waals surface area contributed by atoms with Gasteiger partial charge in [0.2, 0.25) is 0 Å². The third kappa shape index (κ3) is 5.41. The molecule has 1 fully saturated rings. The van der Waals surface area contributed by atoms with Crippen LogP contribution in [0.1, 0.15) is 10.4 Å². The largest absolute Gasteiger partial charge is 0.405 e. The lowest BCUT2D eigenvalue weighted by Gasteiger charge is -2.35. The van der Waals surface area contributed by atoms with Crippen LogP contribution in [0, 0.1) is 0 Å². The third-order valence-corrected chi connectivity index (χ3v) is 5.10. The molecule has 140 valence electrons. The first kappa shape index (κ1) is 19.7. The lowest BCUT2D eigenvalue weighted by Crippen LogP contribution is -2.57. The molecular weight excluding hydrogens is 359 g/mol. The highest BCUT2D eigenvalue weighted by Gasteiger charge is 2.43. The summed E-state index contributed by atoms with van der Waals surface area (Å²) in [6.07, 6.45) is -3.42. The van der Waals surface area contributed by atoms with Gasteiger partial charge in [0.1, 0.15) is 6.04 Å². The van der Waals surface area contributed by atoms with Crippen molar-refractivity contribution in [3.05, 3.63) is 29.8 Å². The standard InChI is InChI=1S/C15H20F3N3O3S/c1-25(23,24)12-4-2-11(3-5-12)14(22)20-10-13(15(16,17)18)21-8-6-19-7-9-21/h2-5,13,19H,6-10H2,1H3,(H,20,22). The first-order chi connectivity index (χ1) is 11.6. The van der Waals surface area contributed by atoms with Gasteiger partial charge in [0, 0.05) is 44.5 Å². The van der Waals surface area contributed by atoms with Crippen molar-refractivity contribution in [1.82, 2.24) is 15.5 Å². The second-order valence-electron chi connectivity index (χ2n) is 5.85. The van der Waals surface area contributed by atoms with E-state index >= 15 is 0 Å². The number of hydrogen-bond acceptors (Lipinski definition) is 5. The molecular formula is C15H20F3N3O3S. The molecule has 1 heterocycles. The zero-order valence-corrected chi connectivity index (χ0v) is 14.5. The Kier molecular flexibility index (Phi) is 6.07. The summed E-state index contributed by atoms with van der Waals surface area (Å²) in [6, 6.07) is 3.30. The van der Waals surface area contributed by atoms with Gasteiger partial charge in [-0.05, 0) is 24.3 Å². The first-order valence-corrected chi connectivity index (χ1v) is 9.58. The Bertz CT molecular complexity index is 699. The maximum atomic E-state index is 13.3. The van der Waals surface area contributed by atoms with Crippen molar-refractivity contribution < 1.29 is 26.4 Å². The number of carbonyl (C=O) groups excluding carboxylic acids is 1. The van der Waals surface area contributed by atoms with Crippen molar-refractivity contribution in [1.29, 1.82) is 0 Å². The number of nitrogens with zero attached hydrogens (tertiary/aromatic N) is 1. The van der Waals surface area contributed by atoms with Crippen LogP contribution in [0.15, 0.2) is 29.2 Å². The van der Waals surface area contributed by atoms with Crippen molar-refractivity contribution in [3.63, 3.8) is 0 Å². The van der Waals surface area contributed by atoms with Gasteiger partial charge >= 0.3 is 6.18 Å². The SMILES string of the molecule is CS(=O)(=O)c1ccc(C(=O)NCC(N2CCNCC2)C(F)(F)F)cc1. The Morgan fingerprint density at radius 2 is 1.80 bits per heavy atom. The van der Waals surface area contributed by atoms with Gasteiger partial charge in [0.15, 0.2) is 9.84 Å². The van der Waals surface area contributed by atoms with Crippen molar-refractivity contribution >= 4 is 15.7 Å². The quantitative estimate of drug-likeness (QED) is 0.786. The number of hydrogen-bond donors (Lipinski definition) is 2. The van der Waals surface area contributed by atoms with E-state index in [2.05, 4.69) is 10.6 Å². The van der Waals surface area contributed by atoms with Crippen LogP contribution in [0.4, 0.5) is 13.2 Å². The maximum absolute atomic E-state index is 13.3. The topological polar surface area (TPSA) is 78.5 Å². The fraction of sp³-hybridized carbons (Fsp3) is 0.533. The molecule has 1 aliphatic heterocycles. The van der Waals surface area contributed by atoms with Crippen molar-refractivity contribution in [2.45, 2.75) is 17.1 Å². The Hall–Kier alpha value is -1.65.